The summed E-state index contributed by atoms with van der Waals surface area (Å²) in [7, 11) is 0. The van der Waals surface area contributed by atoms with Crippen molar-refractivity contribution in [3.8, 4) is 0 Å². The van der Waals surface area contributed by atoms with Crippen LogP contribution in [-0.2, 0) is 12.8 Å². The third kappa shape index (κ3) is 6.05. The van der Waals surface area contributed by atoms with Gasteiger partial charge in [-0.25, -0.2) is 0 Å². The highest BCUT2D eigenvalue weighted by Gasteiger charge is 2.03. The van der Waals surface area contributed by atoms with E-state index in [4.69, 9.17) is 0 Å². The normalized spacial score (nSPS) is 11.0. The molecule has 0 spiro atoms. The number of hydrogen-bond donors (Lipinski definition) is 0. The molecular weight excluding hydrogens is 264 g/mol. The molecule has 0 aliphatic heterocycles. The Morgan fingerprint density at radius 2 is 1.32 bits per heavy atom. The lowest BCUT2D eigenvalue weighted by Gasteiger charge is -2.10. The number of unbranched alkanes of at least 4 members (excludes halogenated alkanes) is 3. The summed E-state index contributed by atoms with van der Waals surface area (Å²) in [4.78, 5) is 0. The summed E-state index contributed by atoms with van der Waals surface area (Å²) in [6, 6.07) is 19.8. The van der Waals surface area contributed by atoms with Gasteiger partial charge in [0.1, 0.15) is 0 Å². The van der Waals surface area contributed by atoms with E-state index in [0.717, 1.165) is 12.3 Å². The lowest BCUT2D eigenvalue weighted by atomic mass is 9.95. The molecule has 0 heterocycles. The summed E-state index contributed by atoms with van der Waals surface area (Å²) in [6.45, 7) is 4.64. The summed E-state index contributed by atoms with van der Waals surface area (Å²) in [5.74, 6) is 0.853. The van der Waals surface area contributed by atoms with Crippen molar-refractivity contribution in [1.29, 1.82) is 0 Å². The second-order valence-electron chi connectivity index (χ2n) is 6.78. The van der Waals surface area contributed by atoms with Crippen LogP contribution in [0.4, 0.5) is 0 Å². The van der Waals surface area contributed by atoms with Crippen LogP contribution >= 0.6 is 0 Å². The first kappa shape index (κ1) is 16.8. The van der Waals surface area contributed by atoms with Crippen LogP contribution in [0.3, 0.4) is 0 Å². The molecule has 0 amide bonds. The van der Waals surface area contributed by atoms with E-state index in [0.29, 0.717) is 0 Å². The van der Waals surface area contributed by atoms with Crippen LogP contribution in [0.15, 0.2) is 54.6 Å². The van der Waals surface area contributed by atoms with E-state index < -0.39 is 0 Å². The fourth-order valence-electron chi connectivity index (χ4n) is 3.01. The van der Waals surface area contributed by atoms with Gasteiger partial charge in [0, 0.05) is 0 Å². The predicted octanol–water partition coefficient (Wildman–Crippen LogP) is 6.43. The molecule has 2 rings (SSSR count). The summed E-state index contributed by atoms with van der Waals surface area (Å²) in [5, 5.41) is 0. The van der Waals surface area contributed by atoms with Gasteiger partial charge in [-0.15, -0.1) is 0 Å². The van der Waals surface area contributed by atoms with Crippen LogP contribution in [0.5, 0.6) is 0 Å². The number of aryl methyl sites for hydroxylation is 1. The van der Waals surface area contributed by atoms with Gasteiger partial charge in [0.2, 0.25) is 0 Å². The zero-order valence-electron chi connectivity index (χ0n) is 14.2. The van der Waals surface area contributed by atoms with Crippen molar-refractivity contribution in [2.24, 2.45) is 5.92 Å². The van der Waals surface area contributed by atoms with Gasteiger partial charge < -0.3 is 0 Å². The zero-order chi connectivity index (χ0) is 15.6. The fourth-order valence-corrected chi connectivity index (χ4v) is 3.01. The Bertz CT molecular complexity index is 525. The van der Waals surface area contributed by atoms with Crippen LogP contribution in [0, 0.1) is 5.92 Å². The lowest BCUT2D eigenvalue weighted by Crippen LogP contribution is -1.96. The molecule has 0 atom stereocenters. The number of hydrogen-bond acceptors (Lipinski definition) is 0. The SMILES string of the molecule is CC(C)CCCCCCc1ccccc1Cc1ccccc1. The van der Waals surface area contributed by atoms with E-state index in [2.05, 4.69) is 68.4 Å². The van der Waals surface area contributed by atoms with E-state index >= 15 is 0 Å². The van der Waals surface area contributed by atoms with Crippen molar-refractivity contribution < 1.29 is 0 Å². The summed E-state index contributed by atoms with van der Waals surface area (Å²) < 4.78 is 0. The molecule has 0 heteroatoms. The van der Waals surface area contributed by atoms with Gasteiger partial charge in [-0.1, -0.05) is 94.1 Å². The molecule has 22 heavy (non-hydrogen) atoms. The Morgan fingerprint density at radius 3 is 2.05 bits per heavy atom. The van der Waals surface area contributed by atoms with Crippen LogP contribution in [-0.4, -0.2) is 0 Å². The Labute approximate surface area is 136 Å². The molecule has 0 N–H and O–H groups in total. The largest absolute Gasteiger partial charge is 0.0628 e. The lowest BCUT2D eigenvalue weighted by molar-refractivity contribution is 0.520. The van der Waals surface area contributed by atoms with Gasteiger partial charge >= 0.3 is 0 Å². The molecule has 2 aromatic carbocycles. The molecule has 118 valence electrons. The van der Waals surface area contributed by atoms with Crippen molar-refractivity contribution in [2.45, 2.75) is 58.8 Å². The average molecular weight is 294 g/mol. The summed E-state index contributed by atoms with van der Waals surface area (Å²) >= 11 is 0. The average Bonchev–Trinajstić information content (AvgIpc) is 2.53. The molecule has 0 saturated carbocycles. The van der Waals surface area contributed by atoms with Gasteiger partial charge in [-0.05, 0) is 41.9 Å². The van der Waals surface area contributed by atoms with E-state index in [-0.39, 0.29) is 0 Å². The van der Waals surface area contributed by atoms with Gasteiger partial charge in [0.25, 0.3) is 0 Å². The maximum atomic E-state index is 2.32. The zero-order valence-corrected chi connectivity index (χ0v) is 14.2. The Morgan fingerprint density at radius 1 is 0.682 bits per heavy atom. The highest BCUT2D eigenvalue weighted by molar-refractivity contribution is 5.32. The van der Waals surface area contributed by atoms with Crippen molar-refractivity contribution in [1.82, 2.24) is 0 Å². The molecule has 0 aliphatic rings. The number of rotatable bonds is 9. The minimum absolute atomic E-state index is 0.853. The Hall–Kier alpha value is -1.56. The van der Waals surface area contributed by atoms with Crippen LogP contribution < -0.4 is 0 Å². The fraction of sp³-hybridized carbons (Fsp3) is 0.455. The molecule has 2 aromatic rings. The van der Waals surface area contributed by atoms with Crippen molar-refractivity contribution in [3.05, 3.63) is 71.3 Å². The highest BCUT2D eigenvalue weighted by atomic mass is 14.1. The first-order chi connectivity index (χ1) is 10.8. The first-order valence-electron chi connectivity index (χ1n) is 8.86. The number of benzene rings is 2. The molecular formula is C22H30. The quantitative estimate of drug-likeness (QED) is 0.468. The second-order valence-corrected chi connectivity index (χ2v) is 6.78. The molecule has 0 nitrogen and oxygen atoms in total. The monoisotopic (exact) mass is 294 g/mol. The predicted molar refractivity (Wildman–Crippen MR) is 97.3 cm³/mol. The van der Waals surface area contributed by atoms with Crippen LogP contribution in [0.1, 0.15) is 62.6 Å². The third-order valence-corrected chi connectivity index (χ3v) is 4.33. The van der Waals surface area contributed by atoms with E-state index in [9.17, 15) is 0 Å². The molecule has 0 fully saturated rings. The van der Waals surface area contributed by atoms with Crippen molar-refractivity contribution in [3.63, 3.8) is 0 Å². The minimum atomic E-state index is 0.853. The topological polar surface area (TPSA) is 0 Å². The third-order valence-electron chi connectivity index (χ3n) is 4.33. The molecule has 0 bridgehead atoms. The summed E-state index contributed by atoms with van der Waals surface area (Å²) in [5.41, 5.74) is 4.44. The van der Waals surface area contributed by atoms with Gasteiger partial charge in [-0.3, -0.25) is 0 Å². The second kappa shape index (κ2) is 9.46. The smallest absolute Gasteiger partial charge is 0.00230 e. The maximum Gasteiger partial charge on any atom is -0.00230 e. The van der Waals surface area contributed by atoms with Crippen molar-refractivity contribution in [2.75, 3.05) is 0 Å². The molecule has 0 aliphatic carbocycles. The molecule has 0 saturated heterocycles. The Balaban J connectivity index is 1.81. The highest BCUT2D eigenvalue weighted by Crippen LogP contribution is 2.18. The first-order valence-corrected chi connectivity index (χ1v) is 8.86. The van der Waals surface area contributed by atoms with Gasteiger partial charge in [-0.2, -0.15) is 0 Å². The molecule has 0 unspecified atom stereocenters. The van der Waals surface area contributed by atoms with E-state index in [1.54, 1.807) is 0 Å². The standard InChI is InChI=1S/C22H30/c1-19(2)12-6-3-4-9-15-21-16-10-11-17-22(21)18-20-13-7-5-8-14-20/h5,7-8,10-11,13-14,16-17,19H,3-4,6,9,12,15,18H2,1-2H3. The van der Waals surface area contributed by atoms with Gasteiger partial charge in [0.05, 0.1) is 0 Å². The van der Waals surface area contributed by atoms with Gasteiger partial charge in [0.15, 0.2) is 0 Å². The molecule has 0 radical (unpaired) electrons. The van der Waals surface area contributed by atoms with E-state index in [1.165, 1.54) is 55.2 Å². The van der Waals surface area contributed by atoms with Crippen molar-refractivity contribution >= 4 is 0 Å². The minimum Gasteiger partial charge on any atom is -0.0628 e. The Kier molecular flexibility index (Phi) is 7.22. The van der Waals surface area contributed by atoms with E-state index in [1.807, 2.05) is 0 Å². The molecule has 0 aromatic heterocycles. The summed E-state index contributed by atoms with van der Waals surface area (Å²) in [6.07, 6.45) is 9.14. The van der Waals surface area contributed by atoms with Crippen LogP contribution in [0.2, 0.25) is 0 Å². The van der Waals surface area contributed by atoms with Crippen LogP contribution in [0.25, 0.3) is 0 Å². The maximum absolute atomic E-state index is 2.32.